The molecular formula is C20H21N5O4. The number of benzene rings is 1. The highest BCUT2D eigenvalue weighted by Gasteiger charge is 2.23. The van der Waals surface area contributed by atoms with E-state index in [1.54, 1.807) is 18.2 Å². The predicted octanol–water partition coefficient (Wildman–Crippen LogP) is 2.05. The Hall–Kier alpha value is -3.30. The monoisotopic (exact) mass is 395 g/mol. The van der Waals surface area contributed by atoms with E-state index in [1.165, 1.54) is 10.6 Å². The number of nitrogens with one attached hydrogen (secondary N) is 1. The van der Waals surface area contributed by atoms with E-state index in [1.807, 2.05) is 24.3 Å². The largest absolute Gasteiger partial charge is 0.379 e. The highest BCUT2D eigenvalue weighted by molar-refractivity contribution is 5.60. The van der Waals surface area contributed by atoms with Crippen LogP contribution in [0.5, 0.6) is 0 Å². The van der Waals surface area contributed by atoms with Gasteiger partial charge in [-0.2, -0.15) is 0 Å². The van der Waals surface area contributed by atoms with Crippen molar-refractivity contribution in [2.24, 2.45) is 0 Å². The summed E-state index contributed by atoms with van der Waals surface area (Å²) in [6.07, 6.45) is 1.47. The summed E-state index contributed by atoms with van der Waals surface area (Å²) in [5, 5.41) is 14.5. The Bertz CT molecular complexity index is 1090. The quantitative estimate of drug-likeness (QED) is 0.503. The fourth-order valence-corrected chi connectivity index (χ4v) is 3.43. The van der Waals surface area contributed by atoms with E-state index in [-0.39, 0.29) is 5.82 Å². The molecule has 3 aromatic rings. The molecule has 0 saturated carbocycles. The van der Waals surface area contributed by atoms with Crippen LogP contribution in [0.3, 0.4) is 0 Å². The Balaban J connectivity index is 1.61. The minimum absolute atomic E-state index is 0.0209. The molecule has 150 valence electrons. The number of ether oxygens (including phenoxy) is 1. The number of aromatic nitrogens is 2. The molecular weight excluding hydrogens is 374 g/mol. The van der Waals surface area contributed by atoms with Crippen molar-refractivity contribution in [2.45, 2.75) is 13.1 Å². The summed E-state index contributed by atoms with van der Waals surface area (Å²) >= 11 is 0. The van der Waals surface area contributed by atoms with E-state index < -0.39 is 16.2 Å². The van der Waals surface area contributed by atoms with Gasteiger partial charge in [0.05, 0.1) is 18.1 Å². The number of nitrogens with zero attached hydrogens (tertiary/aromatic N) is 4. The van der Waals surface area contributed by atoms with Crippen molar-refractivity contribution >= 4 is 17.2 Å². The minimum atomic E-state index is -0.704. The number of fused-ring (bicyclic) bond motifs is 1. The second kappa shape index (κ2) is 8.38. The number of nitro groups is 1. The molecule has 0 aliphatic carbocycles. The Morgan fingerprint density at radius 1 is 1.10 bits per heavy atom. The molecule has 1 aliphatic rings. The summed E-state index contributed by atoms with van der Waals surface area (Å²) in [7, 11) is 0. The summed E-state index contributed by atoms with van der Waals surface area (Å²) < 4.78 is 6.57. The van der Waals surface area contributed by atoms with Crippen molar-refractivity contribution in [3.05, 3.63) is 80.3 Å². The van der Waals surface area contributed by atoms with Gasteiger partial charge in [-0.05, 0) is 23.3 Å². The topological polar surface area (TPSA) is 102 Å². The van der Waals surface area contributed by atoms with Crippen LogP contribution in [-0.2, 0) is 17.8 Å². The predicted molar refractivity (Wildman–Crippen MR) is 108 cm³/mol. The van der Waals surface area contributed by atoms with E-state index in [2.05, 4.69) is 15.2 Å². The minimum Gasteiger partial charge on any atom is -0.379 e. The maximum absolute atomic E-state index is 12.6. The zero-order valence-corrected chi connectivity index (χ0v) is 15.8. The van der Waals surface area contributed by atoms with Gasteiger partial charge in [-0.15, -0.1) is 0 Å². The van der Waals surface area contributed by atoms with Gasteiger partial charge in [0, 0.05) is 32.4 Å². The lowest BCUT2D eigenvalue weighted by Gasteiger charge is -2.27. The van der Waals surface area contributed by atoms with E-state index in [9.17, 15) is 14.9 Å². The molecule has 0 bridgehead atoms. The first-order valence-corrected chi connectivity index (χ1v) is 9.40. The lowest BCUT2D eigenvalue weighted by atomic mass is 10.1. The molecule has 9 nitrogen and oxygen atoms in total. The van der Waals surface area contributed by atoms with E-state index in [4.69, 9.17) is 4.74 Å². The molecule has 0 atom stereocenters. The molecule has 0 spiro atoms. The van der Waals surface area contributed by atoms with Crippen LogP contribution in [0.15, 0.2) is 53.5 Å². The zero-order valence-electron chi connectivity index (χ0n) is 15.8. The van der Waals surface area contributed by atoms with Gasteiger partial charge >= 0.3 is 11.2 Å². The van der Waals surface area contributed by atoms with Gasteiger partial charge in [-0.1, -0.05) is 30.3 Å². The molecule has 0 radical (unpaired) electrons. The molecule has 9 heteroatoms. The number of hydrogen-bond donors (Lipinski definition) is 1. The summed E-state index contributed by atoms with van der Waals surface area (Å²) in [6, 6.07) is 12.9. The van der Waals surface area contributed by atoms with Crippen LogP contribution in [0, 0.1) is 10.1 Å². The van der Waals surface area contributed by atoms with Gasteiger partial charge in [0.2, 0.25) is 5.82 Å². The number of anilines is 1. The van der Waals surface area contributed by atoms with Crippen molar-refractivity contribution in [1.29, 1.82) is 0 Å². The third kappa shape index (κ3) is 4.10. The molecule has 1 aliphatic heterocycles. The molecule has 4 rings (SSSR count). The van der Waals surface area contributed by atoms with Gasteiger partial charge in [0.1, 0.15) is 5.65 Å². The van der Waals surface area contributed by atoms with Crippen molar-refractivity contribution < 1.29 is 9.66 Å². The third-order valence-corrected chi connectivity index (χ3v) is 4.96. The van der Waals surface area contributed by atoms with Crippen molar-refractivity contribution in [3.63, 3.8) is 0 Å². The normalized spacial score (nSPS) is 14.8. The van der Waals surface area contributed by atoms with E-state index in [0.717, 1.165) is 44.0 Å². The second-order valence-electron chi connectivity index (χ2n) is 6.81. The van der Waals surface area contributed by atoms with Gasteiger partial charge in [-0.3, -0.25) is 24.2 Å². The maximum Gasteiger partial charge on any atom is 0.376 e. The Morgan fingerprint density at radius 3 is 2.59 bits per heavy atom. The number of hydrogen-bond acceptors (Lipinski definition) is 7. The summed E-state index contributed by atoms with van der Waals surface area (Å²) in [5.41, 5.74) is 1.22. The van der Waals surface area contributed by atoms with Crippen LogP contribution >= 0.6 is 0 Å². The van der Waals surface area contributed by atoms with Crippen LogP contribution in [0.1, 0.15) is 11.1 Å². The summed E-state index contributed by atoms with van der Waals surface area (Å²) in [5.74, 6) is -0.0209. The van der Waals surface area contributed by atoms with E-state index in [0.29, 0.717) is 12.2 Å². The first kappa shape index (κ1) is 19.0. The second-order valence-corrected chi connectivity index (χ2v) is 6.81. The molecule has 1 saturated heterocycles. The molecule has 1 fully saturated rings. The molecule has 3 heterocycles. The first-order chi connectivity index (χ1) is 14.1. The number of pyridine rings is 1. The Labute approximate surface area is 166 Å². The molecule has 1 aromatic carbocycles. The fourth-order valence-electron chi connectivity index (χ4n) is 3.43. The average molecular weight is 395 g/mol. The summed E-state index contributed by atoms with van der Waals surface area (Å²) in [4.78, 5) is 30.0. The summed E-state index contributed by atoms with van der Waals surface area (Å²) in [6.45, 7) is 4.29. The molecule has 0 amide bonds. The lowest BCUT2D eigenvalue weighted by molar-refractivity contribution is -0.385. The molecule has 2 aromatic heterocycles. The molecule has 29 heavy (non-hydrogen) atoms. The van der Waals surface area contributed by atoms with E-state index >= 15 is 0 Å². The standard InChI is InChI=1S/C20H21N5O4/c26-20-18(25(27)28)19(22-17-7-3-4-8-24(17)20)21-13-15-5-1-2-6-16(15)14-23-9-11-29-12-10-23/h1-8,21H,9-14H2. The fraction of sp³-hybridized carbons (Fsp3) is 0.300. The van der Waals surface area contributed by atoms with Crippen LogP contribution in [0.4, 0.5) is 11.5 Å². The smallest absolute Gasteiger partial charge is 0.376 e. The van der Waals surface area contributed by atoms with Crippen LogP contribution in [0.2, 0.25) is 0 Å². The van der Waals surface area contributed by atoms with Gasteiger partial charge < -0.3 is 10.1 Å². The van der Waals surface area contributed by atoms with Crippen molar-refractivity contribution in [2.75, 3.05) is 31.6 Å². The van der Waals surface area contributed by atoms with Gasteiger partial charge in [0.15, 0.2) is 0 Å². The van der Waals surface area contributed by atoms with Gasteiger partial charge in [0.25, 0.3) is 0 Å². The Morgan fingerprint density at radius 2 is 1.83 bits per heavy atom. The van der Waals surface area contributed by atoms with Gasteiger partial charge in [-0.25, -0.2) is 4.98 Å². The molecule has 1 N–H and O–H groups in total. The highest BCUT2D eigenvalue weighted by Crippen LogP contribution is 2.20. The van der Waals surface area contributed by atoms with Crippen molar-refractivity contribution in [3.8, 4) is 0 Å². The van der Waals surface area contributed by atoms with Crippen molar-refractivity contribution in [1.82, 2.24) is 14.3 Å². The number of morpholine rings is 1. The first-order valence-electron chi connectivity index (χ1n) is 9.40. The number of rotatable bonds is 6. The lowest BCUT2D eigenvalue weighted by Crippen LogP contribution is -2.35. The molecule has 0 unspecified atom stereocenters. The van der Waals surface area contributed by atoms with Crippen LogP contribution in [-0.4, -0.2) is 45.5 Å². The zero-order chi connectivity index (χ0) is 20.2. The maximum atomic E-state index is 12.6. The highest BCUT2D eigenvalue weighted by atomic mass is 16.6. The van der Waals surface area contributed by atoms with Crippen LogP contribution in [0.25, 0.3) is 5.65 Å². The third-order valence-electron chi connectivity index (χ3n) is 4.96. The Kier molecular flexibility index (Phi) is 5.50. The SMILES string of the molecule is O=c1c([N+](=O)[O-])c(NCc2ccccc2CN2CCOCC2)nc2ccccn12. The van der Waals surface area contributed by atoms with Crippen LogP contribution < -0.4 is 10.9 Å². The average Bonchev–Trinajstić information content (AvgIpc) is 2.73.